The Bertz CT molecular complexity index is 850. The van der Waals surface area contributed by atoms with E-state index in [0.717, 1.165) is 18.5 Å². The number of nitrogens with one attached hydrogen (secondary N) is 2. The molecule has 0 aliphatic rings. The highest BCUT2D eigenvalue weighted by Gasteiger charge is 2.07. The number of ether oxygens (including phenoxy) is 1. The number of sulfone groups is 1. The van der Waals surface area contributed by atoms with E-state index in [9.17, 15) is 8.42 Å². The van der Waals surface area contributed by atoms with Crippen LogP contribution in [0.1, 0.15) is 30.6 Å². The summed E-state index contributed by atoms with van der Waals surface area (Å²) in [6.45, 7) is 4.02. The zero-order valence-corrected chi connectivity index (χ0v) is 17.5. The van der Waals surface area contributed by atoms with Crippen LogP contribution in [0, 0.1) is 0 Å². The van der Waals surface area contributed by atoms with Gasteiger partial charge in [0.1, 0.15) is 0 Å². The van der Waals surface area contributed by atoms with Gasteiger partial charge in [-0.25, -0.2) is 8.42 Å². The molecule has 28 heavy (non-hydrogen) atoms. The summed E-state index contributed by atoms with van der Waals surface area (Å²) in [5, 5.41) is 6.47. The lowest BCUT2D eigenvalue weighted by Gasteiger charge is -2.15. The van der Waals surface area contributed by atoms with Gasteiger partial charge in [-0.15, -0.1) is 0 Å². The molecular weight excluding hydrogens is 374 g/mol. The zero-order chi connectivity index (χ0) is 20.4. The van der Waals surface area contributed by atoms with Gasteiger partial charge in [0.05, 0.1) is 11.0 Å². The number of rotatable bonds is 9. The van der Waals surface area contributed by atoms with Gasteiger partial charge in [0.15, 0.2) is 15.8 Å². The Morgan fingerprint density at radius 1 is 1.07 bits per heavy atom. The van der Waals surface area contributed by atoms with Gasteiger partial charge >= 0.3 is 0 Å². The molecule has 2 aromatic rings. The fraction of sp³-hybridized carbons (Fsp3) is 0.381. The van der Waals surface area contributed by atoms with Crippen molar-refractivity contribution in [2.75, 3.05) is 26.5 Å². The van der Waals surface area contributed by atoms with Crippen molar-refractivity contribution in [2.45, 2.75) is 30.9 Å². The van der Waals surface area contributed by atoms with Crippen LogP contribution in [0.25, 0.3) is 0 Å². The van der Waals surface area contributed by atoms with Crippen molar-refractivity contribution < 1.29 is 13.2 Å². The lowest BCUT2D eigenvalue weighted by molar-refractivity contribution is 0.0646. The topological polar surface area (TPSA) is 79.8 Å². The van der Waals surface area contributed by atoms with E-state index in [4.69, 9.17) is 4.74 Å². The Hall–Kier alpha value is -2.38. The van der Waals surface area contributed by atoms with Crippen molar-refractivity contribution in [3.05, 3.63) is 65.7 Å². The van der Waals surface area contributed by atoms with E-state index in [-0.39, 0.29) is 6.10 Å². The SMILES string of the molecule is CN=C(NCCCOC(C)c1ccccc1)NCc1ccc(S(C)(=O)=O)cc1. The number of benzene rings is 2. The third kappa shape index (κ3) is 7.32. The van der Waals surface area contributed by atoms with E-state index in [2.05, 4.69) is 34.7 Å². The Morgan fingerprint density at radius 2 is 1.75 bits per heavy atom. The molecule has 0 heterocycles. The predicted octanol–water partition coefficient (Wildman–Crippen LogP) is 2.92. The first-order chi connectivity index (χ1) is 13.4. The van der Waals surface area contributed by atoms with Gasteiger partial charge in [-0.3, -0.25) is 4.99 Å². The van der Waals surface area contributed by atoms with Crippen molar-refractivity contribution in [1.29, 1.82) is 0 Å². The number of nitrogens with zero attached hydrogens (tertiary/aromatic N) is 1. The van der Waals surface area contributed by atoms with Crippen LogP contribution in [0.2, 0.25) is 0 Å². The molecule has 2 aromatic carbocycles. The first-order valence-corrected chi connectivity index (χ1v) is 11.2. The van der Waals surface area contributed by atoms with Crippen LogP contribution >= 0.6 is 0 Å². The largest absolute Gasteiger partial charge is 0.374 e. The molecule has 152 valence electrons. The van der Waals surface area contributed by atoms with Crippen molar-refractivity contribution in [1.82, 2.24) is 10.6 Å². The number of aliphatic imine (C=N–C) groups is 1. The van der Waals surface area contributed by atoms with Gasteiger partial charge in [-0.1, -0.05) is 42.5 Å². The average Bonchev–Trinajstić information content (AvgIpc) is 2.70. The molecule has 6 nitrogen and oxygen atoms in total. The van der Waals surface area contributed by atoms with Crippen LogP contribution in [-0.4, -0.2) is 40.8 Å². The minimum Gasteiger partial charge on any atom is -0.374 e. The summed E-state index contributed by atoms with van der Waals surface area (Å²) in [6, 6.07) is 17.0. The molecule has 0 spiro atoms. The molecular formula is C21H29N3O3S. The normalized spacial score (nSPS) is 13.2. The summed E-state index contributed by atoms with van der Waals surface area (Å²) in [5.74, 6) is 0.697. The van der Waals surface area contributed by atoms with E-state index < -0.39 is 9.84 Å². The van der Waals surface area contributed by atoms with Gasteiger partial charge < -0.3 is 15.4 Å². The molecule has 2 rings (SSSR count). The molecule has 0 radical (unpaired) electrons. The molecule has 0 bridgehead atoms. The zero-order valence-electron chi connectivity index (χ0n) is 16.7. The molecule has 0 aliphatic heterocycles. The van der Waals surface area contributed by atoms with Gasteiger partial charge in [0.25, 0.3) is 0 Å². The molecule has 0 amide bonds. The summed E-state index contributed by atoms with van der Waals surface area (Å²) >= 11 is 0. The molecule has 0 saturated heterocycles. The Labute approximate surface area is 168 Å². The molecule has 1 unspecified atom stereocenters. The third-order valence-corrected chi connectivity index (χ3v) is 5.41. The average molecular weight is 404 g/mol. The maximum Gasteiger partial charge on any atom is 0.191 e. The van der Waals surface area contributed by atoms with Crippen LogP contribution < -0.4 is 10.6 Å². The lowest BCUT2D eigenvalue weighted by Crippen LogP contribution is -2.37. The van der Waals surface area contributed by atoms with E-state index in [0.29, 0.717) is 24.0 Å². The van der Waals surface area contributed by atoms with Gasteiger partial charge in [0.2, 0.25) is 0 Å². The van der Waals surface area contributed by atoms with Gasteiger partial charge in [-0.05, 0) is 36.6 Å². The minimum absolute atomic E-state index is 0.0774. The summed E-state index contributed by atoms with van der Waals surface area (Å²) in [7, 11) is -1.45. The Balaban J connectivity index is 1.67. The first kappa shape index (κ1) is 21.9. The summed E-state index contributed by atoms with van der Waals surface area (Å²) in [6.07, 6.45) is 2.14. The fourth-order valence-corrected chi connectivity index (χ4v) is 3.25. The smallest absolute Gasteiger partial charge is 0.191 e. The molecule has 0 fully saturated rings. The fourth-order valence-electron chi connectivity index (χ4n) is 2.62. The highest BCUT2D eigenvalue weighted by Crippen LogP contribution is 2.15. The van der Waals surface area contributed by atoms with Gasteiger partial charge in [0, 0.05) is 33.0 Å². The molecule has 0 saturated carbocycles. The monoisotopic (exact) mass is 403 g/mol. The van der Waals surface area contributed by atoms with Crippen LogP contribution in [0.4, 0.5) is 0 Å². The molecule has 2 N–H and O–H groups in total. The van der Waals surface area contributed by atoms with E-state index in [1.807, 2.05) is 18.2 Å². The number of hydrogen-bond donors (Lipinski definition) is 2. The van der Waals surface area contributed by atoms with E-state index >= 15 is 0 Å². The second kappa shape index (κ2) is 10.8. The molecule has 0 aromatic heterocycles. The van der Waals surface area contributed by atoms with Gasteiger partial charge in [-0.2, -0.15) is 0 Å². The lowest BCUT2D eigenvalue weighted by atomic mass is 10.1. The molecule has 0 aliphatic carbocycles. The van der Waals surface area contributed by atoms with E-state index in [1.54, 1.807) is 31.3 Å². The number of guanidine groups is 1. The first-order valence-electron chi connectivity index (χ1n) is 9.30. The highest BCUT2D eigenvalue weighted by atomic mass is 32.2. The third-order valence-electron chi connectivity index (χ3n) is 4.29. The standard InChI is InChI=1S/C21H29N3O3S/c1-17(19-8-5-4-6-9-19)27-15-7-14-23-21(22-2)24-16-18-10-12-20(13-11-18)28(3,25)26/h4-6,8-13,17H,7,14-16H2,1-3H3,(H2,22,23,24). The predicted molar refractivity (Wildman–Crippen MR) is 113 cm³/mol. The summed E-state index contributed by atoms with van der Waals surface area (Å²) in [5.41, 5.74) is 2.16. The van der Waals surface area contributed by atoms with Crippen LogP contribution in [-0.2, 0) is 21.1 Å². The molecule has 7 heteroatoms. The van der Waals surface area contributed by atoms with Crippen LogP contribution in [0.15, 0.2) is 64.5 Å². The second-order valence-electron chi connectivity index (χ2n) is 6.55. The minimum atomic E-state index is -3.17. The quantitative estimate of drug-likeness (QED) is 0.382. The Morgan fingerprint density at radius 3 is 2.36 bits per heavy atom. The maximum absolute atomic E-state index is 11.5. The molecule has 1 atom stereocenters. The number of hydrogen-bond acceptors (Lipinski definition) is 4. The van der Waals surface area contributed by atoms with Crippen molar-refractivity contribution in [2.24, 2.45) is 4.99 Å². The summed E-state index contributed by atoms with van der Waals surface area (Å²) in [4.78, 5) is 4.52. The Kier molecular flexibility index (Phi) is 8.47. The van der Waals surface area contributed by atoms with Crippen LogP contribution in [0.5, 0.6) is 0 Å². The van der Waals surface area contributed by atoms with Crippen LogP contribution in [0.3, 0.4) is 0 Å². The van der Waals surface area contributed by atoms with Crippen molar-refractivity contribution in [3.63, 3.8) is 0 Å². The maximum atomic E-state index is 11.5. The highest BCUT2D eigenvalue weighted by molar-refractivity contribution is 7.90. The second-order valence-corrected chi connectivity index (χ2v) is 8.56. The van der Waals surface area contributed by atoms with E-state index in [1.165, 1.54) is 11.8 Å². The van der Waals surface area contributed by atoms with Crippen molar-refractivity contribution >= 4 is 15.8 Å². The van der Waals surface area contributed by atoms with Crippen molar-refractivity contribution in [3.8, 4) is 0 Å². The summed E-state index contributed by atoms with van der Waals surface area (Å²) < 4.78 is 28.9.